The summed E-state index contributed by atoms with van der Waals surface area (Å²) in [5.74, 6) is 0. The molecule has 0 aromatic heterocycles. The highest BCUT2D eigenvalue weighted by atomic mass is 15.1. The Morgan fingerprint density at radius 1 is 1.27 bits per heavy atom. The van der Waals surface area contributed by atoms with Crippen LogP contribution in [0.25, 0.3) is 0 Å². The molecular weight excluding hydrogens is 184 g/mol. The van der Waals surface area contributed by atoms with Crippen LogP contribution in [0.4, 0.5) is 11.4 Å². The van der Waals surface area contributed by atoms with Crippen LogP contribution in [-0.4, -0.2) is 19.6 Å². The van der Waals surface area contributed by atoms with Crippen LogP contribution in [0.1, 0.15) is 25.3 Å². The molecule has 2 rings (SSSR count). The summed E-state index contributed by atoms with van der Waals surface area (Å²) in [5.41, 5.74) is 3.99. The number of aryl methyl sites for hydroxylation is 1. The molecule has 0 amide bonds. The lowest BCUT2D eigenvalue weighted by molar-refractivity contribution is 0.949. The molecule has 2 nitrogen and oxygen atoms in total. The summed E-state index contributed by atoms with van der Waals surface area (Å²) in [6.07, 6.45) is 2.68. The summed E-state index contributed by atoms with van der Waals surface area (Å²) in [4.78, 5) is 2.47. The summed E-state index contributed by atoms with van der Waals surface area (Å²) < 4.78 is 0. The molecule has 1 fully saturated rings. The van der Waals surface area contributed by atoms with Crippen LogP contribution in [0.5, 0.6) is 0 Å². The molecule has 1 N–H and O–H groups in total. The fraction of sp³-hybridized carbons (Fsp3) is 0.538. The number of rotatable bonds is 3. The lowest BCUT2D eigenvalue weighted by Crippen LogP contribution is -2.17. The number of hydrogen-bond donors (Lipinski definition) is 1. The van der Waals surface area contributed by atoms with Gasteiger partial charge < -0.3 is 10.2 Å². The predicted molar refractivity (Wildman–Crippen MR) is 66.8 cm³/mol. The molecule has 0 aliphatic carbocycles. The van der Waals surface area contributed by atoms with Gasteiger partial charge >= 0.3 is 0 Å². The zero-order valence-electron chi connectivity index (χ0n) is 9.71. The Labute approximate surface area is 92.3 Å². The maximum atomic E-state index is 3.38. The maximum Gasteiger partial charge on any atom is 0.0371 e. The van der Waals surface area contributed by atoms with E-state index in [0.717, 1.165) is 6.54 Å². The molecular formula is C13H20N2. The molecule has 0 spiro atoms. The lowest BCUT2D eigenvalue weighted by atomic mass is 10.1. The second-order valence-corrected chi connectivity index (χ2v) is 4.22. The number of benzene rings is 1. The van der Waals surface area contributed by atoms with E-state index in [2.05, 4.69) is 42.3 Å². The Morgan fingerprint density at radius 3 is 2.60 bits per heavy atom. The number of hydrogen-bond acceptors (Lipinski definition) is 2. The molecule has 1 aromatic carbocycles. The third kappa shape index (κ3) is 2.25. The van der Waals surface area contributed by atoms with Crippen molar-refractivity contribution < 1.29 is 0 Å². The molecule has 1 saturated heterocycles. The summed E-state index contributed by atoms with van der Waals surface area (Å²) in [6, 6.07) is 6.73. The van der Waals surface area contributed by atoms with E-state index in [1.54, 1.807) is 0 Å². The predicted octanol–water partition coefficient (Wildman–Crippen LogP) is 3.03. The van der Waals surface area contributed by atoms with Crippen LogP contribution in [-0.2, 0) is 0 Å². The molecule has 1 aromatic rings. The number of nitrogens with zero attached hydrogens (tertiary/aromatic N) is 1. The van der Waals surface area contributed by atoms with Crippen LogP contribution in [0, 0.1) is 6.92 Å². The average molecular weight is 204 g/mol. The standard InChI is InChI=1S/C13H20N2/c1-3-14-13-7-6-12(10-11(13)2)15-8-4-5-9-15/h6-7,10,14H,3-5,8-9H2,1-2H3. The Kier molecular flexibility index (Phi) is 3.14. The van der Waals surface area contributed by atoms with Gasteiger partial charge in [0, 0.05) is 31.0 Å². The van der Waals surface area contributed by atoms with Gasteiger partial charge in [0.25, 0.3) is 0 Å². The van der Waals surface area contributed by atoms with Gasteiger partial charge in [0.1, 0.15) is 0 Å². The van der Waals surface area contributed by atoms with E-state index in [-0.39, 0.29) is 0 Å². The van der Waals surface area contributed by atoms with Crippen LogP contribution < -0.4 is 10.2 Å². The van der Waals surface area contributed by atoms with Crippen molar-refractivity contribution in [3.8, 4) is 0 Å². The van der Waals surface area contributed by atoms with Gasteiger partial charge in [0.15, 0.2) is 0 Å². The SMILES string of the molecule is CCNc1ccc(N2CCCC2)cc1C. The summed E-state index contributed by atoms with van der Waals surface area (Å²) in [6.45, 7) is 7.75. The van der Waals surface area contributed by atoms with E-state index in [9.17, 15) is 0 Å². The van der Waals surface area contributed by atoms with E-state index in [4.69, 9.17) is 0 Å². The highest BCUT2D eigenvalue weighted by molar-refractivity contribution is 5.60. The second-order valence-electron chi connectivity index (χ2n) is 4.22. The molecule has 0 saturated carbocycles. The van der Waals surface area contributed by atoms with Crippen molar-refractivity contribution in [3.63, 3.8) is 0 Å². The van der Waals surface area contributed by atoms with E-state index in [1.807, 2.05) is 0 Å². The number of anilines is 2. The van der Waals surface area contributed by atoms with Crippen molar-refractivity contribution in [2.24, 2.45) is 0 Å². The molecule has 1 heterocycles. The topological polar surface area (TPSA) is 15.3 Å². The van der Waals surface area contributed by atoms with Gasteiger partial charge in [-0.3, -0.25) is 0 Å². The summed E-state index contributed by atoms with van der Waals surface area (Å²) in [5, 5.41) is 3.38. The Balaban J connectivity index is 2.16. The van der Waals surface area contributed by atoms with Crippen LogP contribution in [0.15, 0.2) is 18.2 Å². The molecule has 1 aliphatic heterocycles. The molecule has 0 unspecified atom stereocenters. The van der Waals surface area contributed by atoms with E-state index in [1.165, 1.54) is 42.9 Å². The van der Waals surface area contributed by atoms with Crippen LogP contribution in [0.2, 0.25) is 0 Å². The van der Waals surface area contributed by atoms with Gasteiger partial charge in [-0.1, -0.05) is 0 Å². The van der Waals surface area contributed by atoms with Crippen molar-refractivity contribution >= 4 is 11.4 Å². The first-order valence-corrected chi connectivity index (χ1v) is 5.90. The highest BCUT2D eigenvalue weighted by Crippen LogP contribution is 2.25. The second kappa shape index (κ2) is 4.56. The largest absolute Gasteiger partial charge is 0.385 e. The van der Waals surface area contributed by atoms with Crippen LogP contribution in [0.3, 0.4) is 0 Å². The van der Waals surface area contributed by atoms with Crippen LogP contribution >= 0.6 is 0 Å². The van der Waals surface area contributed by atoms with Gasteiger partial charge in [-0.25, -0.2) is 0 Å². The third-order valence-electron chi connectivity index (χ3n) is 3.05. The molecule has 0 radical (unpaired) electrons. The van der Waals surface area contributed by atoms with Gasteiger partial charge in [-0.2, -0.15) is 0 Å². The molecule has 2 heteroatoms. The summed E-state index contributed by atoms with van der Waals surface area (Å²) >= 11 is 0. The van der Waals surface area contributed by atoms with Crippen molar-refractivity contribution in [2.75, 3.05) is 29.9 Å². The molecule has 0 atom stereocenters. The Bertz CT molecular complexity index is 327. The zero-order chi connectivity index (χ0) is 10.7. The molecule has 15 heavy (non-hydrogen) atoms. The van der Waals surface area contributed by atoms with E-state index >= 15 is 0 Å². The van der Waals surface area contributed by atoms with Crippen molar-refractivity contribution in [2.45, 2.75) is 26.7 Å². The monoisotopic (exact) mass is 204 g/mol. The minimum Gasteiger partial charge on any atom is -0.385 e. The van der Waals surface area contributed by atoms with Gasteiger partial charge in [-0.15, -0.1) is 0 Å². The smallest absolute Gasteiger partial charge is 0.0371 e. The van der Waals surface area contributed by atoms with Crippen molar-refractivity contribution in [1.82, 2.24) is 0 Å². The third-order valence-corrected chi connectivity index (χ3v) is 3.05. The van der Waals surface area contributed by atoms with E-state index < -0.39 is 0 Å². The molecule has 1 aliphatic rings. The van der Waals surface area contributed by atoms with E-state index in [0.29, 0.717) is 0 Å². The summed E-state index contributed by atoms with van der Waals surface area (Å²) in [7, 11) is 0. The minimum absolute atomic E-state index is 0.990. The minimum atomic E-state index is 0.990. The first-order valence-electron chi connectivity index (χ1n) is 5.90. The van der Waals surface area contributed by atoms with Crippen molar-refractivity contribution in [3.05, 3.63) is 23.8 Å². The molecule has 82 valence electrons. The average Bonchev–Trinajstić information content (AvgIpc) is 2.74. The number of nitrogens with one attached hydrogen (secondary N) is 1. The lowest BCUT2D eigenvalue weighted by Gasteiger charge is -2.19. The van der Waals surface area contributed by atoms with Crippen molar-refractivity contribution in [1.29, 1.82) is 0 Å². The fourth-order valence-corrected chi connectivity index (χ4v) is 2.21. The highest BCUT2D eigenvalue weighted by Gasteiger charge is 2.12. The fourth-order valence-electron chi connectivity index (χ4n) is 2.21. The Morgan fingerprint density at radius 2 is 2.00 bits per heavy atom. The maximum absolute atomic E-state index is 3.38. The molecule has 0 bridgehead atoms. The quantitative estimate of drug-likeness (QED) is 0.814. The van der Waals surface area contributed by atoms with Gasteiger partial charge in [0.05, 0.1) is 0 Å². The zero-order valence-corrected chi connectivity index (χ0v) is 9.71. The first-order chi connectivity index (χ1) is 7.31. The van der Waals surface area contributed by atoms with Gasteiger partial charge in [0.2, 0.25) is 0 Å². The Hall–Kier alpha value is -1.18. The normalized spacial score (nSPS) is 15.7. The first kappa shape index (κ1) is 10.3. The van der Waals surface area contributed by atoms with Gasteiger partial charge in [-0.05, 0) is 50.5 Å².